The Bertz CT molecular complexity index is 1170. The van der Waals surface area contributed by atoms with Gasteiger partial charge in [-0.1, -0.05) is 42.1 Å². The van der Waals surface area contributed by atoms with Crippen molar-refractivity contribution in [3.05, 3.63) is 60.8 Å². The first-order valence-corrected chi connectivity index (χ1v) is 12.6. The lowest BCUT2D eigenvalue weighted by molar-refractivity contribution is -0.113. The molecule has 0 saturated carbocycles. The van der Waals surface area contributed by atoms with Crippen LogP contribution in [0.25, 0.3) is 11.3 Å². The number of imidazole rings is 1. The zero-order valence-corrected chi connectivity index (χ0v) is 19.2. The molecule has 3 aromatic rings. The zero-order chi connectivity index (χ0) is 22.6. The summed E-state index contributed by atoms with van der Waals surface area (Å²) in [5.41, 5.74) is 2.58. The molecule has 1 aliphatic heterocycles. The van der Waals surface area contributed by atoms with Crippen molar-refractivity contribution in [3.63, 3.8) is 0 Å². The van der Waals surface area contributed by atoms with E-state index in [1.807, 2.05) is 41.9 Å². The second-order valence-corrected chi connectivity index (χ2v) is 10.1. The number of hydrogen-bond acceptors (Lipinski definition) is 6. The third kappa shape index (κ3) is 5.04. The molecule has 0 unspecified atom stereocenters. The van der Waals surface area contributed by atoms with Gasteiger partial charge in [0.2, 0.25) is 15.9 Å². The second-order valence-electron chi connectivity index (χ2n) is 7.23. The fourth-order valence-corrected chi connectivity index (χ4v) is 5.54. The van der Waals surface area contributed by atoms with Crippen molar-refractivity contribution < 1.29 is 17.9 Å². The predicted molar refractivity (Wildman–Crippen MR) is 124 cm³/mol. The number of aromatic nitrogens is 2. The maximum absolute atomic E-state index is 12.7. The summed E-state index contributed by atoms with van der Waals surface area (Å²) in [5, 5.41) is 3.54. The quantitative estimate of drug-likeness (QED) is 0.532. The number of nitrogens with zero attached hydrogens (tertiary/aromatic N) is 3. The highest BCUT2D eigenvalue weighted by atomic mass is 32.2. The van der Waals surface area contributed by atoms with E-state index in [2.05, 4.69) is 10.3 Å². The molecule has 1 N–H and O–H groups in total. The van der Waals surface area contributed by atoms with Crippen molar-refractivity contribution in [1.29, 1.82) is 0 Å². The summed E-state index contributed by atoms with van der Waals surface area (Å²) < 4.78 is 34.0. The van der Waals surface area contributed by atoms with E-state index in [9.17, 15) is 13.2 Å². The molecule has 1 aromatic heterocycles. The van der Waals surface area contributed by atoms with Crippen LogP contribution in [0.15, 0.2) is 70.8 Å². The van der Waals surface area contributed by atoms with Gasteiger partial charge in [0.1, 0.15) is 0 Å². The van der Waals surface area contributed by atoms with Crippen molar-refractivity contribution in [2.45, 2.75) is 10.1 Å². The molecule has 1 aliphatic rings. The van der Waals surface area contributed by atoms with E-state index in [-0.39, 0.29) is 16.6 Å². The number of carbonyl (C=O) groups excluding carboxylic acids is 1. The maximum Gasteiger partial charge on any atom is 0.243 e. The fraction of sp³-hybridized carbons (Fsp3) is 0.273. The molecule has 2 aromatic carbocycles. The number of morpholine rings is 1. The number of rotatable bonds is 7. The van der Waals surface area contributed by atoms with Crippen LogP contribution in [-0.4, -0.2) is 60.2 Å². The average molecular weight is 473 g/mol. The average Bonchev–Trinajstić information content (AvgIpc) is 3.19. The number of sulfonamides is 1. The molecule has 168 valence electrons. The first-order valence-electron chi connectivity index (χ1n) is 10.1. The molecule has 0 radical (unpaired) electrons. The van der Waals surface area contributed by atoms with Gasteiger partial charge >= 0.3 is 0 Å². The largest absolute Gasteiger partial charge is 0.379 e. The summed E-state index contributed by atoms with van der Waals surface area (Å²) in [6.45, 7) is 1.48. The highest BCUT2D eigenvalue weighted by Crippen LogP contribution is 2.25. The van der Waals surface area contributed by atoms with Crippen LogP contribution in [0.4, 0.5) is 5.69 Å². The van der Waals surface area contributed by atoms with Crippen LogP contribution in [0, 0.1) is 0 Å². The van der Waals surface area contributed by atoms with Gasteiger partial charge in [-0.3, -0.25) is 4.79 Å². The summed E-state index contributed by atoms with van der Waals surface area (Å²) in [6.07, 6.45) is 1.79. The van der Waals surface area contributed by atoms with Gasteiger partial charge in [-0.05, 0) is 29.8 Å². The summed E-state index contributed by atoms with van der Waals surface area (Å²) in [5.74, 6) is -0.00421. The molecular weight excluding hydrogens is 448 g/mol. The lowest BCUT2D eigenvalue weighted by Crippen LogP contribution is -2.40. The third-order valence-corrected chi connectivity index (χ3v) is 8.05. The second kappa shape index (κ2) is 9.86. The van der Waals surface area contributed by atoms with Gasteiger partial charge in [0.15, 0.2) is 5.16 Å². The molecule has 1 amide bonds. The van der Waals surface area contributed by atoms with E-state index in [0.29, 0.717) is 32.0 Å². The monoisotopic (exact) mass is 472 g/mol. The smallest absolute Gasteiger partial charge is 0.243 e. The normalized spacial score (nSPS) is 14.9. The number of benzene rings is 2. The van der Waals surface area contributed by atoms with Gasteiger partial charge in [0.25, 0.3) is 0 Å². The number of hydrogen-bond donors (Lipinski definition) is 1. The summed E-state index contributed by atoms with van der Waals surface area (Å²) in [7, 11) is -1.63. The SMILES string of the molecule is Cn1c(-c2ccccc2)cnc1SCC(=O)Nc1ccc(S(=O)(=O)N2CCOCC2)cc1. The topological polar surface area (TPSA) is 93.5 Å². The van der Waals surface area contributed by atoms with E-state index in [1.54, 1.807) is 18.3 Å². The van der Waals surface area contributed by atoms with Crippen molar-refractivity contribution in [3.8, 4) is 11.3 Å². The summed E-state index contributed by atoms with van der Waals surface area (Å²) in [6, 6.07) is 16.2. The molecule has 0 bridgehead atoms. The molecule has 0 atom stereocenters. The summed E-state index contributed by atoms with van der Waals surface area (Å²) >= 11 is 1.34. The molecule has 10 heteroatoms. The fourth-order valence-electron chi connectivity index (χ4n) is 3.38. The van der Waals surface area contributed by atoms with Gasteiger partial charge in [-0.2, -0.15) is 4.31 Å². The lowest BCUT2D eigenvalue weighted by Gasteiger charge is -2.26. The van der Waals surface area contributed by atoms with Gasteiger partial charge < -0.3 is 14.6 Å². The van der Waals surface area contributed by atoms with Gasteiger partial charge in [-0.25, -0.2) is 13.4 Å². The Labute approximate surface area is 191 Å². The van der Waals surface area contributed by atoms with Gasteiger partial charge in [-0.15, -0.1) is 0 Å². The summed E-state index contributed by atoms with van der Waals surface area (Å²) in [4.78, 5) is 17.0. The molecule has 1 fully saturated rings. The number of amides is 1. The van der Waals surface area contributed by atoms with E-state index in [1.165, 1.54) is 28.2 Å². The lowest BCUT2D eigenvalue weighted by atomic mass is 10.2. The van der Waals surface area contributed by atoms with E-state index in [4.69, 9.17) is 4.74 Å². The molecule has 2 heterocycles. The third-order valence-electron chi connectivity index (χ3n) is 5.09. The number of carbonyl (C=O) groups is 1. The number of anilines is 1. The molecule has 32 heavy (non-hydrogen) atoms. The number of nitrogens with one attached hydrogen (secondary N) is 1. The molecule has 0 aliphatic carbocycles. The van der Waals surface area contributed by atoms with Crippen LogP contribution < -0.4 is 5.32 Å². The minimum absolute atomic E-state index is 0.187. The Balaban J connectivity index is 1.34. The Hall–Kier alpha value is -2.66. The first-order chi connectivity index (χ1) is 15.4. The Morgan fingerprint density at radius 2 is 1.78 bits per heavy atom. The van der Waals surface area contributed by atoms with Crippen molar-refractivity contribution in [1.82, 2.24) is 13.9 Å². The Morgan fingerprint density at radius 3 is 2.47 bits per heavy atom. The number of thioether (sulfide) groups is 1. The first kappa shape index (κ1) is 22.5. The minimum Gasteiger partial charge on any atom is -0.379 e. The van der Waals surface area contributed by atoms with E-state index in [0.717, 1.165) is 16.4 Å². The predicted octanol–water partition coefficient (Wildman–Crippen LogP) is 2.84. The Kier molecular flexibility index (Phi) is 6.95. The molecular formula is C22H24N4O4S2. The van der Waals surface area contributed by atoms with Crippen LogP contribution in [0.3, 0.4) is 0 Å². The van der Waals surface area contributed by atoms with Crippen LogP contribution in [0.1, 0.15) is 0 Å². The van der Waals surface area contributed by atoms with Crippen molar-refractivity contribution >= 4 is 33.4 Å². The number of ether oxygens (including phenoxy) is 1. The van der Waals surface area contributed by atoms with Crippen LogP contribution in [0.2, 0.25) is 0 Å². The maximum atomic E-state index is 12.7. The Morgan fingerprint density at radius 1 is 1.09 bits per heavy atom. The van der Waals surface area contributed by atoms with E-state index >= 15 is 0 Å². The zero-order valence-electron chi connectivity index (χ0n) is 17.6. The van der Waals surface area contributed by atoms with Crippen molar-refractivity contribution in [2.75, 3.05) is 37.4 Å². The van der Waals surface area contributed by atoms with Gasteiger partial charge in [0.05, 0.1) is 35.8 Å². The van der Waals surface area contributed by atoms with Crippen LogP contribution in [0.5, 0.6) is 0 Å². The highest BCUT2D eigenvalue weighted by molar-refractivity contribution is 7.99. The highest BCUT2D eigenvalue weighted by Gasteiger charge is 2.26. The molecule has 1 saturated heterocycles. The minimum atomic E-state index is -3.55. The standard InChI is InChI=1S/C22H24N4O4S2/c1-25-20(17-5-3-2-4-6-17)15-23-22(25)31-16-21(27)24-18-7-9-19(10-8-18)32(28,29)26-11-13-30-14-12-26/h2-10,15H,11-14,16H2,1H3,(H,24,27). The van der Waals surface area contributed by atoms with E-state index < -0.39 is 10.0 Å². The van der Waals surface area contributed by atoms with Crippen LogP contribution in [-0.2, 0) is 26.6 Å². The van der Waals surface area contributed by atoms with Crippen molar-refractivity contribution in [2.24, 2.45) is 7.05 Å². The molecule has 4 rings (SSSR count). The molecule has 8 nitrogen and oxygen atoms in total. The molecule has 0 spiro atoms. The van der Waals surface area contributed by atoms with Gasteiger partial charge in [0, 0.05) is 25.8 Å². The van der Waals surface area contributed by atoms with Crippen LogP contribution >= 0.6 is 11.8 Å².